The fraction of sp³-hybridized carbons (Fsp3) is 0.429. The van der Waals surface area contributed by atoms with Crippen LogP contribution in [0.1, 0.15) is 18.9 Å². The van der Waals surface area contributed by atoms with E-state index in [1.165, 1.54) is 12.1 Å². The Hall–Kier alpha value is -2.51. The monoisotopic (exact) mass is 530 g/mol. The lowest BCUT2D eigenvalue weighted by Crippen LogP contribution is -2.70. The van der Waals surface area contributed by atoms with Gasteiger partial charge in [0.25, 0.3) is 0 Å². The molecular formula is C21H15F13O. The van der Waals surface area contributed by atoms with Gasteiger partial charge in [-0.25, -0.2) is 0 Å². The lowest BCUT2D eigenvalue weighted by atomic mass is 9.84. The highest BCUT2D eigenvalue weighted by molar-refractivity contribution is 5.63. The van der Waals surface area contributed by atoms with Crippen molar-refractivity contribution in [2.24, 2.45) is 0 Å². The highest BCUT2D eigenvalue weighted by Crippen LogP contribution is 2.61. The molecule has 1 N–H and O–H groups in total. The van der Waals surface area contributed by atoms with Crippen LogP contribution in [0.4, 0.5) is 57.1 Å². The number of halogens is 13. The molecule has 0 heterocycles. The molecule has 0 radical (unpaired) electrons. The SMILES string of the molecule is CC(O)(CC(F)(F)C(F)(F)C(F)(F)C(F)(F)C(F)(F)C(F)(F)F)c1ccc(-c2ccccc2)cc1. The molecule has 2 aromatic rings. The van der Waals surface area contributed by atoms with Gasteiger partial charge in [-0.1, -0.05) is 54.6 Å². The van der Waals surface area contributed by atoms with E-state index >= 15 is 0 Å². The fourth-order valence-corrected chi connectivity index (χ4v) is 3.10. The van der Waals surface area contributed by atoms with E-state index in [2.05, 4.69) is 0 Å². The van der Waals surface area contributed by atoms with Gasteiger partial charge in [0.15, 0.2) is 0 Å². The minimum Gasteiger partial charge on any atom is -0.385 e. The molecule has 0 amide bonds. The lowest BCUT2D eigenvalue weighted by Gasteiger charge is -2.41. The van der Waals surface area contributed by atoms with Crippen molar-refractivity contribution in [3.05, 3.63) is 60.2 Å². The maximum Gasteiger partial charge on any atom is 0.460 e. The molecule has 0 aliphatic heterocycles. The molecule has 0 aliphatic rings. The molecular weight excluding hydrogens is 515 g/mol. The molecule has 0 fully saturated rings. The van der Waals surface area contributed by atoms with E-state index < -0.39 is 53.4 Å². The summed E-state index contributed by atoms with van der Waals surface area (Å²) in [7, 11) is 0. The van der Waals surface area contributed by atoms with Crippen molar-refractivity contribution in [3.63, 3.8) is 0 Å². The normalized spacial score (nSPS) is 16.2. The molecule has 0 bridgehead atoms. The second-order valence-electron chi connectivity index (χ2n) is 7.89. The van der Waals surface area contributed by atoms with Gasteiger partial charge in [0, 0.05) is 0 Å². The average molecular weight is 530 g/mol. The summed E-state index contributed by atoms with van der Waals surface area (Å²) in [5, 5.41) is 10.2. The van der Waals surface area contributed by atoms with Gasteiger partial charge in [0.1, 0.15) is 0 Å². The number of aliphatic hydroxyl groups is 1. The topological polar surface area (TPSA) is 20.2 Å². The zero-order valence-corrected chi connectivity index (χ0v) is 17.3. The largest absolute Gasteiger partial charge is 0.460 e. The number of alkyl halides is 13. The predicted molar refractivity (Wildman–Crippen MR) is 96.9 cm³/mol. The Bertz CT molecular complexity index is 1010. The Labute approximate surface area is 189 Å². The van der Waals surface area contributed by atoms with Crippen LogP contribution in [0.15, 0.2) is 54.6 Å². The highest BCUT2D eigenvalue weighted by Gasteiger charge is 2.90. The van der Waals surface area contributed by atoms with Gasteiger partial charge in [0.2, 0.25) is 0 Å². The van der Waals surface area contributed by atoms with Crippen LogP contribution in [-0.4, -0.2) is 40.9 Å². The number of benzene rings is 2. The fourth-order valence-electron chi connectivity index (χ4n) is 3.10. The molecule has 196 valence electrons. The van der Waals surface area contributed by atoms with Gasteiger partial charge in [-0.05, 0) is 23.6 Å². The Morgan fingerprint density at radius 3 is 1.37 bits per heavy atom. The Kier molecular flexibility index (Phi) is 7.02. The minimum atomic E-state index is -7.98. The average Bonchev–Trinajstić information content (AvgIpc) is 2.72. The van der Waals surface area contributed by atoms with Crippen LogP contribution in [0.25, 0.3) is 11.1 Å². The minimum absolute atomic E-state index is 0.412. The molecule has 1 nitrogen and oxygen atoms in total. The molecule has 2 rings (SSSR count). The third kappa shape index (κ3) is 4.68. The number of hydrogen-bond acceptors (Lipinski definition) is 1. The van der Waals surface area contributed by atoms with Gasteiger partial charge >= 0.3 is 35.8 Å². The van der Waals surface area contributed by atoms with Crippen molar-refractivity contribution in [2.45, 2.75) is 54.7 Å². The Balaban J connectivity index is 2.41. The summed E-state index contributed by atoms with van der Waals surface area (Å²) in [4.78, 5) is 0. The van der Waals surface area contributed by atoms with Crippen molar-refractivity contribution >= 4 is 0 Å². The quantitative estimate of drug-likeness (QED) is 0.347. The van der Waals surface area contributed by atoms with E-state index in [0.717, 1.165) is 12.1 Å². The van der Waals surface area contributed by atoms with E-state index in [1.54, 1.807) is 30.3 Å². The molecule has 2 aromatic carbocycles. The van der Waals surface area contributed by atoms with E-state index in [9.17, 15) is 62.2 Å². The van der Waals surface area contributed by atoms with E-state index in [1.807, 2.05) is 0 Å². The third-order valence-electron chi connectivity index (χ3n) is 5.18. The Morgan fingerprint density at radius 1 is 0.543 bits per heavy atom. The molecule has 35 heavy (non-hydrogen) atoms. The first kappa shape index (κ1) is 28.7. The van der Waals surface area contributed by atoms with Crippen molar-refractivity contribution in [2.75, 3.05) is 0 Å². The number of hydrogen-bond donors (Lipinski definition) is 1. The molecule has 14 heteroatoms. The summed E-state index contributed by atoms with van der Waals surface area (Å²) in [6.07, 6.45) is -10.2. The van der Waals surface area contributed by atoms with Crippen LogP contribution in [0, 0.1) is 0 Å². The smallest absolute Gasteiger partial charge is 0.385 e. The summed E-state index contributed by atoms with van der Waals surface area (Å²) in [5.41, 5.74) is -2.71. The summed E-state index contributed by atoms with van der Waals surface area (Å²) >= 11 is 0. The van der Waals surface area contributed by atoms with E-state index in [-0.39, 0.29) is 0 Å². The van der Waals surface area contributed by atoms with Crippen LogP contribution in [0.2, 0.25) is 0 Å². The summed E-state index contributed by atoms with van der Waals surface area (Å²) in [6, 6.07) is 12.4. The predicted octanol–water partition coefficient (Wildman–Crippen LogP) is 7.69. The van der Waals surface area contributed by atoms with Gasteiger partial charge in [-0.3, -0.25) is 0 Å². The maximum atomic E-state index is 14.2. The van der Waals surface area contributed by atoms with Crippen molar-refractivity contribution in [1.29, 1.82) is 0 Å². The van der Waals surface area contributed by atoms with Crippen molar-refractivity contribution in [1.82, 2.24) is 0 Å². The molecule has 0 spiro atoms. The van der Waals surface area contributed by atoms with Gasteiger partial charge < -0.3 is 5.11 Å². The zero-order chi connectivity index (χ0) is 27.3. The maximum absolute atomic E-state index is 14.2. The Morgan fingerprint density at radius 2 is 0.943 bits per heavy atom. The first-order valence-corrected chi connectivity index (χ1v) is 9.37. The van der Waals surface area contributed by atoms with Gasteiger partial charge in [-0.2, -0.15) is 57.1 Å². The molecule has 0 saturated carbocycles. The van der Waals surface area contributed by atoms with Crippen LogP contribution in [0.3, 0.4) is 0 Å². The highest BCUT2D eigenvalue weighted by atomic mass is 19.4. The summed E-state index contributed by atoms with van der Waals surface area (Å²) in [5.74, 6) is -37.5. The zero-order valence-electron chi connectivity index (χ0n) is 17.3. The van der Waals surface area contributed by atoms with E-state index in [0.29, 0.717) is 18.1 Å². The van der Waals surface area contributed by atoms with Crippen molar-refractivity contribution < 1.29 is 62.2 Å². The van der Waals surface area contributed by atoms with Crippen LogP contribution < -0.4 is 0 Å². The van der Waals surface area contributed by atoms with Gasteiger partial charge in [-0.15, -0.1) is 0 Å². The van der Waals surface area contributed by atoms with E-state index in [4.69, 9.17) is 0 Å². The first-order chi connectivity index (χ1) is 15.5. The second-order valence-corrected chi connectivity index (χ2v) is 7.89. The molecule has 0 saturated heterocycles. The first-order valence-electron chi connectivity index (χ1n) is 9.37. The standard InChI is InChI=1S/C21H15F13O/c1-15(35,14-9-7-13(8-10-14)12-5-3-2-4-6-12)11-16(22,23)17(24,25)18(26,27)19(28,29)20(30,31)21(32,33)34/h2-10,35H,11H2,1H3. The summed E-state index contributed by atoms with van der Waals surface area (Å²) in [6.45, 7) is 0.412. The summed E-state index contributed by atoms with van der Waals surface area (Å²) < 4.78 is 173. The molecule has 1 unspecified atom stereocenters. The lowest BCUT2D eigenvalue weighted by molar-refractivity contribution is -0.441. The van der Waals surface area contributed by atoms with Crippen LogP contribution in [-0.2, 0) is 5.60 Å². The molecule has 0 aliphatic carbocycles. The second kappa shape index (κ2) is 8.56. The van der Waals surface area contributed by atoms with Gasteiger partial charge in [0.05, 0.1) is 12.0 Å². The van der Waals surface area contributed by atoms with Crippen molar-refractivity contribution in [3.8, 4) is 11.1 Å². The number of rotatable bonds is 8. The van der Waals surface area contributed by atoms with Crippen LogP contribution >= 0.6 is 0 Å². The molecule has 0 aromatic heterocycles. The van der Waals surface area contributed by atoms with Crippen LogP contribution in [0.5, 0.6) is 0 Å². The molecule has 1 atom stereocenters. The third-order valence-corrected chi connectivity index (χ3v) is 5.18.